The van der Waals surface area contributed by atoms with Gasteiger partial charge in [0.1, 0.15) is 0 Å². The van der Waals surface area contributed by atoms with Crippen molar-refractivity contribution in [1.82, 2.24) is 4.98 Å². The average Bonchev–Trinajstić information content (AvgIpc) is 2.88. The number of ether oxygens (including phenoxy) is 2. The van der Waals surface area contributed by atoms with E-state index < -0.39 is 0 Å². The van der Waals surface area contributed by atoms with Gasteiger partial charge in [0.05, 0.1) is 25.1 Å². The number of aromatic nitrogens is 1. The van der Waals surface area contributed by atoms with Crippen LogP contribution in [-0.2, 0) is 4.74 Å². The predicted octanol–water partition coefficient (Wildman–Crippen LogP) is 2.46. The predicted molar refractivity (Wildman–Crippen MR) is 67.5 cm³/mol. The third-order valence-corrected chi connectivity index (χ3v) is 3.00. The fourth-order valence-electron chi connectivity index (χ4n) is 2.04. The fourth-order valence-corrected chi connectivity index (χ4v) is 2.04. The van der Waals surface area contributed by atoms with E-state index in [-0.39, 0.29) is 0 Å². The van der Waals surface area contributed by atoms with Crippen molar-refractivity contribution in [1.29, 1.82) is 0 Å². The molecule has 1 N–H and O–H groups in total. The molecule has 0 aromatic carbocycles. The van der Waals surface area contributed by atoms with Crippen molar-refractivity contribution in [2.24, 2.45) is 0 Å². The molecule has 1 saturated heterocycles. The highest BCUT2D eigenvalue weighted by molar-refractivity contribution is 5.41. The van der Waals surface area contributed by atoms with E-state index in [2.05, 4.69) is 10.3 Å². The molecule has 2 rings (SSSR count). The Bertz CT molecular complexity index is 321. The number of hydrogen-bond acceptors (Lipinski definition) is 4. The van der Waals surface area contributed by atoms with Crippen molar-refractivity contribution < 1.29 is 9.47 Å². The maximum absolute atomic E-state index is 5.58. The topological polar surface area (TPSA) is 43.4 Å². The summed E-state index contributed by atoms with van der Waals surface area (Å²) >= 11 is 0. The molecule has 0 radical (unpaired) electrons. The van der Waals surface area contributed by atoms with Gasteiger partial charge in [-0.25, -0.2) is 4.98 Å². The minimum atomic E-state index is 0.491. The van der Waals surface area contributed by atoms with Crippen LogP contribution in [0.1, 0.15) is 25.7 Å². The van der Waals surface area contributed by atoms with E-state index in [0.29, 0.717) is 12.0 Å². The SMILES string of the molecule is COc1ccc(NCCCC2CCCO2)cn1. The number of methoxy groups -OCH3 is 1. The van der Waals surface area contributed by atoms with E-state index in [4.69, 9.17) is 9.47 Å². The second kappa shape index (κ2) is 6.45. The molecule has 4 nitrogen and oxygen atoms in total. The van der Waals surface area contributed by atoms with Crippen LogP contribution >= 0.6 is 0 Å². The molecule has 0 saturated carbocycles. The minimum Gasteiger partial charge on any atom is -0.481 e. The summed E-state index contributed by atoms with van der Waals surface area (Å²) in [5.74, 6) is 0.648. The highest BCUT2D eigenvalue weighted by Gasteiger charge is 2.14. The molecule has 0 bridgehead atoms. The van der Waals surface area contributed by atoms with Gasteiger partial charge in [-0.1, -0.05) is 0 Å². The van der Waals surface area contributed by atoms with Crippen molar-refractivity contribution in [3.05, 3.63) is 18.3 Å². The first-order chi connectivity index (χ1) is 8.38. The van der Waals surface area contributed by atoms with Crippen LogP contribution in [0.25, 0.3) is 0 Å². The first kappa shape index (κ1) is 12.2. The number of anilines is 1. The fraction of sp³-hybridized carbons (Fsp3) is 0.615. The lowest BCUT2D eigenvalue weighted by Crippen LogP contribution is -2.09. The van der Waals surface area contributed by atoms with Gasteiger partial charge in [0, 0.05) is 19.2 Å². The van der Waals surface area contributed by atoms with Crippen molar-refractivity contribution in [3.63, 3.8) is 0 Å². The Morgan fingerprint density at radius 2 is 2.47 bits per heavy atom. The molecular weight excluding hydrogens is 216 g/mol. The highest BCUT2D eigenvalue weighted by Crippen LogP contribution is 2.17. The van der Waals surface area contributed by atoms with Gasteiger partial charge in [-0.05, 0) is 31.7 Å². The molecule has 1 aromatic heterocycles. The zero-order valence-corrected chi connectivity index (χ0v) is 10.3. The molecule has 1 aliphatic heterocycles. The number of pyridine rings is 1. The summed E-state index contributed by atoms with van der Waals surface area (Å²) in [6, 6.07) is 3.85. The second-order valence-corrected chi connectivity index (χ2v) is 4.29. The summed E-state index contributed by atoms with van der Waals surface area (Å²) in [5.41, 5.74) is 1.04. The quantitative estimate of drug-likeness (QED) is 0.770. The zero-order chi connectivity index (χ0) is 11.9. The summed E-state index contributed by atoms with van der Waals surface area (Å²) in [4.78, 5) is 4.14. The molecule has 0 spiro atoms. The monoisotopic (exact) mass is 236 g/mol. The molecule has 94 valence electrons. The zero-order valence-electron chi connectivity index (χ0n) is 10.3. The Morgan fingerprint density at radius 3 is 3.12 bits per heavy atom. The highest BCUT2D eigenvalue weighted by atomic mass is 16.5. The average molecular weight is 236 g/mol. The van der Waals surface area contributed by atoms with Gasteiger partial charge in [0.15, 0.2) is 0 Å². The molecule has 1 fully saturated rings. The number of nitrogens with one attached hydrogen (secondary N) is 1. The summed E-state index contributed by atoms with van der Waals surface area (Å²) in [5, 5.41) is 3.35. The Labute approximate surface area is 102 Å². The van der Waals surface area contributed by atoms with Crippen molar-refractivity contribution in [2.45, 2.75) is 31.8 Å². The van der Waals surface area contributed by atoms with Gasteiger partial charge in [0.2, 0.25) is 5.88 Å². The van der Waals surface area contributed by atoms with Crippen molar-refractivity contribution >= 4 is 5.69 Å². The van der Waals surface area contributed by atoms with Gasteiger partial charge in [0.25, 0.3) is 0 Å². The summed E-state index contributed by atoms with van der Waals surface area (Å²) in [7, 11) is 1.62. The molecule has 1 atom stereocenters. The molecule has 1 aliphatic rings. The van der Waals surface area contributed by atoms with E-state index in [1.165, 1.54) is 12.8 Å². The van der Waals surface area contributed by atoms with E-state index in [0.717, 1.165) is 31.7 Å². The lowest BCUT2D eigenvalue weighted by Gasteiger charge is -2.10. The molecule has 4 heteroatoms. The van der Waals surface area contributed by atoms with E-state index in [1.807, 2.05) is 12.1 Å². The molecule has 1 aromatic rings. The maximum atomic E-state index is 5.58. The molecule has 2 heterocycles. The van der Waals surface area contributed by atoms with Crippen LogP contribution in [0, 0.1) is 0 Å². The summed E-state index contributed by atoms with van der Waals surface area (Å²) in [6.45, 7) is 1.91. The van der Waals surface area contributed by atoms with Crippen molar-refractivity contribution in [3.8, 4) is 5.88 Å². The molecule has 1 unspecified atom stereocenters. The van der Waals surface area contributed by atoms with E-state index >= 15 is 0 Å². The second-order valence-electron chi connectivity index (χ2n) is 4.29. The molecule has 17 heavy (non-hydrogen) atoms. The molecular formula is C13H20N2O2. The smallest absolute Gasteiger partial charge is 0.213 e. The van der Waals surface area contributed by atoms with Gasteiger partial charge >= 0.3 is 0 Å². The van der Waals surface area contributed by atoms with Crippen LogP contribution in [0.4, 0.5) is 5.69 Å². The number of nitrogens with zero attached hydrogens (tertiary/aromatic N) is 1. The number of rotatable bonds is 6. The van der Waals surface area contributed by atoms with E-state index in [9.17, 15) is 0 Å². The molecule has 0 aliphatic carbocycles. The Morgan fingerprint density at radius 1 is 1.53 bits per heavy atom. The third kappa shape index (κ3) is 3.89. The lowest BCUT2D eigenvalue weighted by molar-refractivity contribution is 0.103. The van der Waals surface area contributed by atoms with Gasteiger partial charge < -0.3 is 14.8 Å². The van der Waals surface area contributed by atoms with Crippen LogP contribution in [0.3, 0.4) is 0 Å². The first-order valence-corrected chi connectivity index (χ1v) is 6.24. The van der Waals surface area contributed by atoms with Crippen LogP contribution in [0.15, 0.2) is 18.3 Å². The number of hydrogen-bond donors (Lipinski definition) is 1. The van der Waals surface area contributed by atoms with Crippen LogP contribution < -0.4 is 10.1 Å². The largest absolute Gasteiger partial charge is 0.481 e. The van der Waals surface area contributed by atoms with Crippen molar-refractivity contribution in [2.75, 3.05) is 25.6 Å². The van der Waals surface area contributed by atoms with Crippen LogP contribution in [0.2, 0.25) is 0 Å². The minimum absolute atomic E-state index is 0.491. The van der Waals surface area contributed by atoms with E-state index in [1.54, 1.807) is 13.3 Å². The summed E-state index contributed by atoms with van der Waals surface area (Å²) < 4.78 is 10.6. The first-order valence-electron chi connectivity index (χ1n) is 6.24. The maximum Gasteiger partial charge on any atom is 0.213 e. The Balaban J connectivity index is 1.63. The van der Waals surface area contributed by atoms with Gasteiger partial charge in [-0.2, -0.15) is 0 Å². The standard InChI is InChI=1S/C13H20N2O2/c1-16-13-7-6-11(10-15-13)14-8-2-4-12-5-3-9-17-12/h6-7,10,12,14H,2-5,8-9H2,1H3. The van der Waals surface area contributed by atoms with Gasteiger partial charge in [-0.15, -0.1) is 0 Å². The van der Waals surface area contributed by atoms with Gasteiger partial charge in [-0.3, -0.25) is 0 Å². The summed E-state index contributed by atoms with van der Waals surface area (Å²) in [6.07, 6.45) is 7.02. The van der Waals surface area contributed by atoms with Crippen LogP contribution in [-0.4, -0.2) is 31.3 Å². The Hall–Kier alpha value is -1.29. The normalized spacial score (nSPS) is 19.2. The van der Waals surface area contributed by atoms with Crippen LogP contribution in [0.5, 0.6) is 5.88 Å². The Kier molecular flexibility index (Phi) is 4.62. The molecule has 0 amide bonds. The third-order valence-electron chi connectivity index (χ3n) is 3.00. The lowest BCUT2D eigenvalue weighted by atomic mass is 10.1.